The number of halogens is 1. The molecule has 7 nitrogen and oxygen atoms in total. The maximum atomic E-state index is 13.8. The van der Waals surface area contributed by atoms with Crippen molar-refractivity contribution in [1.82, 2.24) is 9.97 Å². The number of urea groups is 1. The summed E-state index contributed by atoms with van der Waals surface area (Å²) in [7, 11) is 0. The molecule has 5 rings (SSSR count). The maximum Gasteiger partial charge on any atom is 0.335 e. The minimum Gasteiger partial charge on any atom is -0.326 e. The van der Waals surface area contributed by atoms with Crippen LogP contribution in [0.25, 0.3) is 0 Å². The van der Waals surface area contributed by atoms with Gasteiger partial charge in [-0.25, -0.2) is 14.7 Å². The molecular weight excluding hydrogens is 480 g/mol. The van der Waals surface area contributed by atoms with Crippen LogP contribution < -0.4 is 20.9 Å². The van der Waals surface area contributed by atoms with Gasteiger partial charge in [0.2, 0.25) is 5.95 Å². The molecule has 0 radical (unpaired) electrons. The number of fused-ring (bicyclic) bond motifs is 1. The largest absolute Gasteiger partial charge is 0.335 e. The molecule has 164 valence electrons. The Labute approximate surface area is 200 Å². The summed E-state index contributed by atoms with van der Waals surface area (Å²) in [5.74, 6) is 0.975. The predicted molar refractivity (Wildman–Crippen MR) is 134 cm³/mol. The van der Waals surface area contributed by atoms with E-state index in [9.17, 15) is 4.79 Å². The highest BCUT2D eigenvalue weighted by Gasteiger charge is 2.35. The quantitative estimate of drug-likeness (QED) is 0.365. The van der Waals surface area contributed by atoms with Crippen LogP contribution in [-0.2, 0) is 13.1 Å². The fourth-order valence-corrected chi connectivity index (χ4v) is 4.23. The van der Waals surface area contributed by atoms with Gasteiger partial charge in [0.15, 0.2) is 5.82 Å². The van der Waals surface area contributed by atoms with E-state index in [1.54, 1.807) is 16.0 Å². The number of carbonyl (C=O) groups excluding carboxylic acids is 1. The van der Waals surface area contributed by atoms with E-state index in [0.29, 0.717) is 30.5 Å². The Balaban J connectivity index is 1.60. The zero-order chi connectivity index (χ0) is 22.8. The monoisotopic (exact) mass is 500 g/mol. The Kier molecular flexibility index (Phi) is 5.77. The SMILES string of the molecule is NCc1ccc(N2C(=O)N(c3ccccc3Br)Cc3cnc(Nc4ccccc4)nc32)cc1. The first kappa shape index (κ1) is 21.1. The van der Waals surface area contributed by atoms with Crippen LogP contribution in [0.1, 0.15) is 11.1 Å². The summed E-state index contributed by atoms with van der Waals surface area (Å²) in [6.45, 7) is 0.793. The van der Waals surface area contributed by atoms with Gasteiger partial charge in [-0.15, -0.1) is 0 Å². The zero-order valence-electron chi connectivity index (χ0n) is 17.6. The third kappa shape index (κ3) is 4.18. The predicted octanol–water partition coefficient (Wildman–Crippen LogP) is 5.72. The molecule has 33 heavy (non-hydrogen) atoms. The van der Waals surface area contributed by atoms with E-state index in [4.69, 9.17) is 10.7 Å². The molecule has 2 heterocycles. The molecule has 0 saturated heterocycles. The van der Waals surface area contributed by atoms with E-state index < -0.39 is 0 Å². The van der Waals surface area contributed by atoms with Crippen LogP contribution in [-0.4, -0.2) is 16.0 Å². The normalized spacial score (nSPS) is 13.1. The van der Waals surface area contributed by atoms with Gasteiger partial charge in [-0.05, 0) is 57.9 Å². The molecule has 0 unspecified atom stereocenters. The number of nitrogens with zero attached hydrogens (tertiary/aromatic N) is 4. The maximum absolute atomic E-state index is 13.8. The van der Waals surface area contributed by atoms with E-state index in [-0.39, 0.29) is 6.03 Å². The fraction of sp³-hybridized carbons (Fsp3) is 0.0800. The lowest BCUT2D eigenvalue weighted by atomic mass is 10.1. The standard InChI is InChI=1S/C25H21BrN6O/c26-21-8-4-5-9-22(21)31-16-18-15-28-24(29-19-6-2-1-3-7-19)30-23(18)32(25(31)33)20-12-10-17(14-27)11-13-20/h1-13,15H,14,16,27H2,(H,28,29,30). The van der Waals surface area contributed by atoms with Crippen LogP contribution in [0.4, 0.5) is 33.6 Å². The van der Waals surface area contributed by atoms with Crippen molar-refractivity contribution in [2.45, 2.75) is 13.1 Å². The van der Waals surface area contributed by atoms with Gasteiger partial charge in [-0.3, -0.25) is 4.90 Å². The number of aromatic nitrogens is 2. The average Bonchev–Trinajstić information content (AvgIpc) is 2.85. The lowest BCUT2D eigenvalue weighted by Crippen LogP contribution is -2.45. The fourth-order valence-electron chi connectivity index (χ4n) is 3.74. The van der Waals surface area contributed by atoms with Crippen LogP contribution in [0.2, 0.25) is 0 Å². The number of nitrogens with two attached hydrogens (primary N) is 1. The van der Waals surface area contributed by atoms with Crippen molar-refractivity contribution in [3.63, 3.8) is 0 Å². The van der Waals surface area contributed by atoms with Crippen molar-refractivity contribution in [1.29, 1.82) is 0 Å². The van der Waals surface area contributed by atoms with E-state index >= 15 is 0 Å². The van der Waals surface area contributed by atoms with E-state index in [0.717, 1.165) is 27.0 Å². The Morgan fingerprint density at radius 3 is 2.42 bits per heavy atom. The molecule has 2 amide bonds. The lowest BCUT2D eigenvalue weighted by molar-refractivity contribution is 0.252. The van der Waals surface area contributed by atoms with Crippen LogP contribution in [0, 0.1) is 0 Å². The van der Waals surface area contributed by atoms with Crippen molar-refractivity contribution >= 4 is 50.8 Å². The number of nitrogens with one attached hydrogen (secondary N) is 1. The topological polar surface area (TPSA) is 87.4 Å². The summed E-state index contributed by atoms with van der Waals surface area (Å²) in [4.78, 5) is 26.4. The van der Waals surface area contributed by atoms with Crippen LogP contribution in [0.5, 0.6) is 0 Å². The molecule has 1 aliphatic rings. The molecule has 0 aliphatic carbocycles. The second kappa shape index (κ2) is 9.01. The molecule has 0 bridgehead atoms. The highest BCUT2D eigenvalue weighted by molar-refractivity contribution is 9.10. The third-order valence-electron chi connectivity index (χ3n) is 5.41. The first-order valence-electron chi connectivity index (χ1n) is 10.5. The van der Waals surface area contributed by atoms with Gasteiger partial charge < -0.3 is 11.1 Å². The Bertz CT molecular complexity index is 1300. The summed E-state index contributed by atoms with van der Waals surface area (Å²) in [6, 6.07) is 24.8. The first-order valence-corrected chi connectivity index (χ1v) is 11.3. The Morgan fingerprint density at radius 1 is 0.970 bits per heavy atom. The van der Waals surface area contributed by atoms with E-state index in [2.05, 4.69) is 26.2 Å². The van der Waals surface area contributed by atoms with Crippen LogP contribution >= 0.6 is 15.9 Å². The number of hydrogen-bond donors (Lipinski definition) is 2. The molecule has 1 aliphatic heterocycles. The zero-order valence-corrected chi connectivity index (χ0v) is 19.2. The van der Waals surface area contributed by atoms with Gasteiger partial charge in [0.05, 0.1) is 17.9 Å². The number of para-hydroxylation sites is 2. The molecule has 8 heteroatoms. The number of carbonyl (C=O) groups is 1. The summed E-state index contributed by atoms with van der Waals surface area (Å²) in [5, 5.41) is 3.21. The summed E-state index contributed by atoms with van der Waals surface area (Å²) in [5.41, 5.74) is 9.95. The smallest absolute Gasteiger partial charge is 0.326 e. The van der Waals surface area contributed by atoms with E-state index in [1.807, 2.05) is 78.9 Å². The first-order chi connectivity index (χ1) is 16.1. The molecule has 3 N–H and O–H groups in total. The van der Waals surface area contributed by atoms with Gasteiger partial charge >= 0.3 is 6.03 Å². The second-order valence-electron chi connectivity index (χ2n) is 7.56. The molecule has 0 spiro atoms. The van der Waals surface area contributed by atoms with Gasteiger partial charge in [0.1, 0.15) is 0 Å². The van der Waals surface area contributed by atoms with Crippen molar-refractivity contribution in [2.75, 3.05) is 15.1 Å². The summed E-state index contributed by atoms with van der Waals surface area (Å²) < 4.78 is 0.837. The van der Waals surface area contributed by atoms with Crippen molar-refractivity contribution in [3.8, 4) is 0 Å². The molecule has 0 atom stereocenters. The van der Waals surface area contributed by atoms with Gasteiger partial charge in [0.25, 0.3) is 0 Å². The molecule has 1 aromatic heterocycles. The van der Waals surface area contributed by atoms with Crippen molar-refractivity contribution in [3.05, 3.63) is 101 Å². The van der Waals surface area contributed by atoms with E-state index in [1.165, 1.54) is 0 Å². The minimum absolute atomic E-state index is 0.195. The molecule has 4 aromatic rings. The summed E-state index contributed by atoms with van der Waals surface area (Å²) in [6.07, 6.45) is 1.77. The number of rotatable bonds is 5. The minimum atomic E-state index is -0.195. The molecular formula is C25H21BrN6O. The second-order valence-corrected chi connectivity index (χ2v) is 8.41. The highest BCUT2D eigenvalue weighted by atomic mass is 79.9. The molecule has 3 aromatic carbocycles. The Hall–Kier alpha value is -3.75. The molecule has 0 fully saturated rings. The number of benzene rings is 3. The summed E-state index contributed by atoms with van der Waals surface area (Å²) >= 11 is 3.58. The van der Waals surface area contributed by atoms with Gasteiger partial charge in [-0.1, -0.05) is 42.5 Å². The lowest BCUT2D eigenvalue weighted by Gasteiger charge is -2.36. The van der Waals surface area contributed by atoms with Gasteiger partial charge in [0, 0.05) is 28.5 Å². The third-order valence-corrected chi connectivity index (χ3v) is 6.08. The van der Waals surface area contributed by atoms with Crippen LogP contribution in [0.3, 0.4) is 0 Å². The number of anilines is 5. The Morgan fingerprint density at radius 2 is 1.70 bits per heavy atom. The number of hydrogen-bond acceptors (Lipinski definition) is 5. The highest BCUT2D eigenvalue weighted by Crippen LogP contribution is 2.38. The van der Waals surface area contributed by atoms with Crippen molar-refractivity contribution < 1.29 is 4.79 Å². The average molecular weight is 501 g/mol. The van der Waals surface area contributed by atoms with Crippen LogP contribution in [0.15, 0.2) is 89.5 Å². The van der Waals surface area contributed by atoms with Crippen molar-refractivity contribution in [2.24, 2.45) is 5.73 Å². The molecule has 0 saturated carbocycles. The number of amides is 2. The van der Waals surface area contributed by atoms with Gasteiger partial charge in [-0.2, -0.15) is 4.98 Å².